The van der Waals surface area contributed by atoms with Gasteiger partial charge in [-0.25, -0.2) is 4.79 Å². The topological polar surface area (TPSA) is 298 Å². The summed E-state index contributed by atoms with van der Waals surface area (Å²) in [6, 6.07) is -7.18. The minimum Gasteiger partial charge on any atom is -0.480 e. The van der Waals surface area contributed by atoms with E-state index >= 15 is 0 Å². The highest BCUT2D eigenvalue weighted by molar-refractivity contribution is 5.96. The maximum absolute atomic E-state index is 13.5. The first kappa shape index (κ1) is 41.2. The monoisotopic (exact) mass is 644 g/mol. The highest BCUT2D eigenvalue weighted by Crippen LogP contribution is 2.10. The summed E-state index contributed by atoms with van der Waals surface area (Å²) in [4.78, 5) is 87.4. The van der Waals surface area contributed by atoms with Gasteiger partial charge in [-0.15, -0.1) is 0 Å². The number of nitrogens with two attached hydrogens (primary N) is 3. The van der Waals surface area contributed by atoms with Crippen LogP contribution in [0.3, 0.4) is 0 Å². The lowest BCUT2D eigenvalue weighted by Gasteiger charge is -2.28. The van der Waals surface area contributed by atoms with Gasteiger partial charge in [-0.3, -0.25) is 28.8 Å². The number of carboxylic acids is 1. The van der Waals surface area contributed by atoms with Gasteiger partial charge in [0.1, 0.15) is 36.3 Å². The van der Waals surface area contributed by atoms with E-state index in [0.717, 1.165) is 0 Å². The maximum atomic E-state index is 13.5. The molecule has 0 aliphatic rings. The van der Waals surface area contributed by atoms with E-state index in [2.05, 4.69) is 26.6 Å². The molecule has 13 N–H and O–H groups in total. The molecule has 0 saturated carbocycles. The molecule has 0 aromatic rings. The Kier molecular flexibility index (Phi) is 19.2. The fraction of sp³-hybridized carbons (Fsp3) is 0.750. The summed E-state index contributed by atoms with van der Waals surface area (Å²) in [6.45, 7) is 8.00. The minimum atomic E-state index is -1.42. The molecule has 6 atom stereocenters. The molecule has 17 heteroatoms. The lowest BCUT2D eigenvalue weighted by atomic mass is 9.99. The number of hydrogen-bond donors (Lipinski definition) is 10. The van der Waals surface area contributed by atoms with Gasteiger partial charge in [0.25, 0.3) is 0 Å². The van der Waals surface area contributed by atoms with Crippen molar-refractivity contribution < 1.29 is 43.8 Å². The highest BCUT2D eigenvalue weighted by Gasteiger charge is 2.33. The molecule has 0 heterocycles. The number of nitrogens with one attached hydrogen (secondary N) is 5. The van der Waals surface area contributed by atoms with Gasteiger partial charge in [-0.2, -0.15) is 0 Å². The Morgan fingerprint density at radius 3 is 1.73 bits per heavy atom. The molecule has 0 aliphatic carbocycles. The zero-order chi connectivity index (χ0) is 34.9. The van der Waals surface area contributed by atoms with Crippen molar-refractivity contribution in [3.8, 4) is 0 Å². The number of amides is 6. The molecular formula is C28H52N8O9. The Morgan fingerprint density at radius 1 is 0.689 bits per heavy atom. The highest BCUT2D eigenvalue weighted by atomic mass is 16.4. The van der Waals surface area contributed by atoms with Crippen LogP contribution in [-0.4, -0.2) is 101 Å². The zero-order valence-corrected chi connectivity index (χ0v) is 26.8. The number of aliphatic hydroxyl groups excluding tert-OH is 1. The van der Waals surface area contributed by atoms with E-state index in [9.17, 15) is 38.7 Å². The van der Waals surface area contributed by atoms with Crippen LogP contribution in [0.4, 0.5) is 0 Å². The second-order valence-electron chi connectivity index (χ2n) is 11.7. The van der Waals surface area contributed by atoms with Crippen LogP contribution in [0.2, 0.25) is 0 Å². The molecule has 0 aromatic carbocycles. The van der Waals surface area contributed by atoms with E-state index in [1.807, 2.05) is 0 Å². The molecule has 0 spiro atoms. The van der Waals surface area contributed by atoms with Crippen molar-refractivity contribution in [2.45, 2.75) is 109 Å². The Bertz CT molecular complexity index is 1020. The predicted octanol–water partition coefficient (Wildman–Crippen LogP) is -3.07. The summed E-state index contributed by atoms with van der Waals surface area (Å²) < 4.78 is 0. The SMILES string of the molecule is CC(C)C[C@H](NC(=O)[C@H](CCCCN)NC(=O)[C@@H](NC(=O)[C@H](C)NC(=O)[C@@H](N)CO)C(C)C)C(=O)N[C@@H](CCC(N)=O)C(=O)O. The summed E-state index contributed by atoms with van der Waals surface area (Å²) in [5.74, 6) is -6.32. The average molecular weight is 645 g/mol. The van der Waals surface area contributed by atoms with Gasteiger partial charge in [0, 0.05) is 6.42 Å². The number of carbonyl (C=O) groups is 7. The molecule has 258 valence electrons. The van der Waals surface area contributed by atoms with Gasteiger partial charge in [-0.05, 0) is 57.4 Å². The van der Waals surface area contributed by atoms with Crippen LogP contribution in [0.1, 0.15) is 73.1 Å². The number of unbranched alkanes of at least 4 members (excludes halogenated alkanes) is 1. The summed E-state index contributed by atoms with van der Waals surface area (Å²) in [5, 5.41) is 31.0. The summed E-state index contributed by atoms with van der Waals surface area (Å²) in [5.41, 5.74) is 16.2. The van der Waals surface area contributed by atoms with Crippen LogP contribution in [-0.2, 0) is 33.6 Å². The van der Waals surface area contributed by atoms with Gasteiger partial charge < -0.3 is 54.0 Å². The second kappa shape index (κ2) is 21.0. The molecule has 0 bridgehead atoms. The second-order valence-corrected chi connectivity index (χ2v) is 11.7. The van der Waals surface area contributed by atoms with E-state index in [-0.39, 0.29) is 31.6 Å². The Labute approximate surface area is 263 Å². The van der Waals surface area contributed by atoms with Gasteiger partial charge in [0.2, 0.25) is 35.4 Å². The molecule has 0 saturated heterocycles. The molecule has 17 nitrogen and oxygen atoms in total. The van der Waals surface area contributed by atoms with Crippen molar-refractivity contribution in [3.63, 3.8) is 0 Å². The third-order valence-corrected chi connectivity index (χ3v) is 6.75. The van der Waals surface area contributed by atoms with Crippen LogP contribution in [0.5, 0.6) is 0 Å². The van der Waals surface area contributed by atoms with Crippen LogP contribution in [0.15, 0.2) is 0 Å². The van der Waals surface area contributed by atoms with Gasteiger partial charge in [-0.1, -0.05) is 27.7 Å². The molecule has 0 rings (SSSR count). The number of hydrogen-bond acceptors (Lipinski definition) is 10. The van der Waals surface area contributed by atoms with E-state index < -0.39 is 90.2 Å². The van der Waals surface area contributed by atoms with Gasteiger partial charge >= 0.3 is 5.97 Å². The average Bonchev–Trinajstić information content (AvgIpc) is 2.95. The largest absolute Gasteiger partial charge is 0.480 e. The van der Waals surface area contributed by atoms with E-state index in [1.54, 1.807) is 27.7 Å². The molecule has 45 heavy (non-hydrogen) atoms. The predicted molar refractivity (Wildman–Crippen MR) is 164 cm³/mol. The van der Waals surface area contributed by atoms with Crippen LogP contribution >= 0.6 is 0 Å². The molecule has 6 amide bonds. The van der Waals surface area contributed by atoms with Gasteiger partial charge in [0.15, 0.2) is 0 Å². The van der Waals surface area contributed by atoms with E-state index in [0.29, 0.717) is 19.4 Å². The minimum absolute atomic E-state index is 0.102. The van der Waals surface area contributed by atoms with Gasteiger partial charge in [0.05, 0.1) is 6.61 Å². The standard InChI is InChI=1S/C28H52N8O9/c1-14(2)12-20(26(42)34-19(28(44)45)9-10-21(31)38)35-25(41)18(8-6-7-11-29)33-27(43)22(15(3)4)36-23(39)16(5)32-24(40)17(30)13-37/h14-20,22,37H,6-13,29-30H2,1-5H3,(H2,31,38)(H,32,40)(H,33,43)(H,34,42)(H,35,41)(H,36,39)(H,44,45)/t16-,17-,18-,19-,20-,22-/m0/s1. The normalized spacial score (nSPS) is 15.2. The number of aliphatic hydroxyl groups is 1. The van der Waals surface area contributed by atoms with Crippen LogP contribution < -0.4 is 43.8 Å². The third-order valence-electron chi connectivity index (χ3n) is 6.75. The molecule has 0 aliphatic heterocycles. The Morgan fingerprint density at radius 2 is 1.24 bits per heavy atom. The fourth-order valence-electron chi connectivity index (χ4n) is 4.10. The fourth-order valence-corrected chi connectivity index (χ4v) is 4.10. The number of aliphatic carboxylic acids is 1. The number of primary amides is 1. The number of carbonyl (C=O) groups excluding carboxylic acids is 6. The molecule has 0 radical (unpaired) electrons. The summed E-state index contributed by atoms with van der Waals surface area (Å²) >= 11 is 0. The number of rotatable bonds is 22. The molecule has 0 aromatic heterocycles. The van der Waals surface area contributed by atoms with Crippen molar-refractivity contribution in [1.29, 1.82) is 0 Å². The summed E-state index contributed by atoms with van der Waals surface area (Å²) in [7, 11) is 0. The maximum Gasteiger partial charge on any atom is 0.326 e. The van der Waals surface area contributed by atoms with Crippen molar-refractivity contribution in [3.05, 3.63) is 0 Å². The molecule has 0 fully saturated rings. The first-order valence-electron chi connectivity index (χ1n) is 15.0. The van der Waals surface area contributed by atoms with Crippen molar-refractivity contribution in [2.24, 2.45) is 29.0 Å². The lowest BCUT2D eigenvalue weighted by molar-refractivity contribution is -0.142. The lowest BCUT2D eigenvalue weighted by Crippen LogP contribution is -2.60. The van der Waals surface area contributed by atoms with Crippen molar-refractivity contribution >= 4 is 41.4 Å². The zero-order valence-electron chi connectivity index (χ0n) is 26.8. The smallest absolute Gasteiger partial charge is 0.326 e. The van der Waals surface area contributed by atoms with Crippen molar-refractivity contribution in [1.82, 2.24) is 26.6 Å². The van der Waals surface area contributed by atoms with E-state index in [1.165, 1.54) is 6.92 Å². The molecular weight excluding hydrogens is 592 g/mol. The number of carboxylic acid groups (broad SMARTS) is 1. The Hall–Kier alpha value is -3.83. The van der Waals surface area contributed by atoms with Crippen molar-refractivity contribution in [2.75, 3.05) is 13.2 Å². The van der Waals surface area contributed by atoms with Crippen LogP contribution in [0.25, 0.3) is 0 Å². The summed E-state index contributed by atoms with van der Waals surface area (Å²) in [6.07, 6.45) is 0.741. The van der Waals surface area contributed by atoms with E-state index in [4.69, 9.17) is 22.3 Å². The Balaban J connectivity index is 5.87. The quantitative estimate of drug-likeness (QED) is 0.0527. The first-order valence-corrected chi connectivity index (χ1v) is 15.0. The van der Waals surface area contributed by atoms with Crippen LogP contribution in [0, 0.1) is 11.8 Å². The molecule has 0 unspecified atom stereocenters. The third kappa shape index (κ3) is 16.2. The first-order chi connectivity index (χ1) is 20.9.